The molecule has 0 bridgehead atoms. The van der Waals surface area contributed by atoms with Crippen LogP contribution in [0.15, 0.2) is 96.4 Å². The minimum absolute atomic E-state index is 0.0118. The molecule has 0 unspecified atom stereocenters. The van der Waals surface area contributed by atoms with Crippen LogP contribution in [0.1, 0.15) is 26.3 Å². The molecule has 1 heterocycles. The molecule has 6 nitrogen and oxygen atoms in total. The maximum Gasteiger partial charge on any atom is 0.271 e. The fourth-order valence-electron chi connectivity index (χ4n) is 3.24. The van der Waals surface area contributed by atoms with E-state index in [0.29, 0.717) is 16.7 Å². The number of aromatic nitrogens is 1. The standard InChI is InChI=1S/C25H19N3O3/c29-23-11-10-18-6-4-5-9-21(18)22(23)16-26-27-25(31)20-12-14-28(15-13-20)17-24(30)19-7-2-1-3-8-19/h1-16,31H,17H2/p+1. The third-order valence-corrected chi connectivity index (χ3v) is 4.88. The molecule has 0 aliphatic carbocycles. The molecular formula is C25H20N3O3+. The van der Waals surface area contributed by atoms with Crippen LogP contribution in [0.25, 0.3) is 10.8 Å². The van der Waals surface area contributed by atoms with Crippen LogP contribution in [0.4, 0.5) is 0 Å². The monoisotopic (exact) mass is 410 g/mol. The quantitative estimate of drug-likeness (QED) is 0.221. The molecule has 0 aliphatic rings. The van der Waals surface area contributed by atoms with Crippen molar-refractivity contribution in [1.29, 1.82) is 0 Å². The molecule has 152 valence electrons. The number of Topliss-reactive ketones (excluding diaryl/α,β-unsaturated/α-hetero) is 1. The molecule has 2 N–H and O–H groups in total. The number of carbonyl (C=O) groups is 2. The topological polar surface area (TPSA) is 82.6 Å². The van der Waals surface area contributed by atoms with Crippen LogP contribution in [0.5, 0.6) is 5.75 Å². The Bertz CT molecular complexity index is 1270. The lowest BCUT2D eigenvalue weighted by atomic mass is 10.0. The minimum Gasteiger partial charge on any atom is -0.507 e. The van der Waals surface area contributed by atoms with Crippen molar-refractivity contribution in [2.24, 2.45) is 5.10 Å². The van der Waals surface area contributed by atoms with Crippen LogP contribution in [0.2, 0.25) is 0 Å². The van der Waals surface area contributed by atoms with Gasteiger partial charge in [-0.15, -0.1) is 0 Å². The van der Waals surface area contributed by atoms with Gasteiger partial charge in [0.1, 0.15) is 5.75 Å². The average molecular weight is 410 g/mol. The molecule has 4 aromatic rings. The van der Waals surface area contributed by atoms with E-state index in [9.17, 15) is 14.7 Å². The molecule has 0 fully saturated rings. The van der Waals surface area contributed by atoms with Crippen LogP contribution in [0, 0.1) is 0 Å². The zero-order valence-electron chi connectivity index (χ0n) is 16.6. The Kier molecular flexibility index (Phi) is 5.80. The lowest BCUT2D eigenvalue weighted by Gasteiger charge is -2.05. The van der Waals surface area contributed by atoms with E-state index in [2.05, 4.69) is 10.5 Å². The van der Waals surface area contributed by atoms with E-state index in [1.54, 1.807) is 47.3 Å². The number of ketones is 1. The molecule has 4 rings (SSSR count). The molecule has 6 heteroatoms. The van der Waals surface area contributed by atoms with Crippen LogP contribution in [0.3, 0.4) is 0 Å². The minimum atomic E-state index is -0.391. The number of hydrazone groups is 1. The van der Waals surface area contributed by atoms with Gasteiger partial charge in [-0.1, -0.05) is 60.7 Å². The molecule has 0 saturated heterocycles. The summed E-state index contributed by atoms with van der Waals surface area (Å²) in [4.78, 5) is 24.7. The Morgan fingerprint density at radius 3 is 2.35 bits per heavy atom. The summed E-state index contributed by atoms with van der Waals surface area (Å²) < 4.78 is 1.71. The van der Waals surface area contributed by atoms with E-state index < -0.39 is 5.91 Å². The van der Waals surface area contributed by atoms with Gasteiger partial charge >= 0.3 is 0 Å². The average Bonchev–Trinajstić information content (AvgIpc) is 2.81. The maximum absolute atomic E-state index is 12.4. The van der Waals surface area contributed by atoms with Gasteiger partial charge in [-0.2, -0.15) is 9.67 Å². The van der Waals surface area contributed by atoms with Gasteiger partial charge in [0, 0.05) is 23.3 Å². The number of nitrogens with zero attached hydrogens (tertiary/aromatic N) is 2. The van der Waals surface area contributed by atoms with E-state index in [4.69, 9.17) is 0 Å². The molecule has 1 aromatic heterocycles. The second-order valence-corrected chi connectivity index (χ2v) is 6.97. The van der Waals surface area contributed by atoms with Gasteiger partial charge < -0.3 is 5.11 Å². The molecule has 0 saturated carbocycles. The predicted molar refractivity (Wildman–Crippen MR) is 118 cm³/mol. The zero-order valence-corrected chi connectivity index (χ0v) is 16.6. The van der Waals surface area contributed by atoms with Crippen LogP contribution in [-0.4, -0.2) is 23.0 Å². The molecule has 0 radical (unpaired) electrons. The van der Waals surface area contributed by atoms with Crippen molar-refractivity contribution in [2.75, 3.05) is 0 Å². The Morgan fingerprint density at radius 1 is 0.871 bits per heavy atom. The Hall–Kier alpha value is -4.32. The number of hydrogen-bond donors (Lipinski definition) is 2. The third kappa shape index (κ3) is 4.64. The summed E-state index contributed by atoms with van der Waals surface area (Å²) in [6.07, 6.45) is 4.78. The Labute approximate surface area is 179 Å². The van der Waals surface area contributed by atoms with Crippen molar-refractivity contribution >= 4 is 28.7 Å². The number of phenols is 1. The van der Waals surface area contributed by atoms with Crippen LogP contribution in [-0.2, 0) is 6.54 Å². The second-order valence-electron chi connectivity index (χ2n) is 6.97. The highest BCUT2D eigenvalue weighted by Gasteiger charge is 2.13. The van der Waals surface area contributed by atoms with E-state index in [1.165, 1.54) is 6.21 Å². The molecule has 31 heavy (non-hydrogen) atoms. The summed E-state index contributed by atoms with van der Waals surface area (Å²) in [6.45, 7) is 0.185. The number of aromatic hydroxyl groups is 1. The predicted octanol–water partition coefficient (Wildman–Crippen LogP) is 3.48. The van der Waals surface area contributed by atoms with Gasteiger partial charge in [0.15, 0.2) is 12.4 Å². The third-order valence-electron chi connectivity index (χ3n) is 4.88. The smallest absolute Gasteiger partial charge is 0.271 e. The molecular weight excluding hydrogens is 390 g/mol. The summed E-state index contributed by atoms with van der Waals surface area (Å²) in [7, 11) is 0. The number of rotatable bonds is 6. The molecule has 1 amide bonds. The fraction of sp³-hybridized carbons (Fsp3) is 0.0400. The van der Waals surface area contributed by atoms with E-state index >= 15 is 0 Å². The van der Waals surface area contributed by atoms with Crippen molar-refractivity contribution in [3.05, 3.63) is 108 Å². The molecule has 3 aromatic carbocycles. The highest BCUT2D eigenvalue weighted by atomic mass is 16.3. The van der Waals surface area contributed by atoms with Crippen LogP contribution < -0.4 is 9.99 Å². The number of nitrogens with one attached hydrogen (secondary N) is 1. The second kappa shape index (κ2) is 9.00. The summed E-state index contributed by atoms with van der Waals surface area (Å²) in [6, 6.07) is 23.3. The number of benzene rings is 3. The SMILES string of the molecule is O=C(C[n+]1ccc(C(=O)N/N=C/c2c(O)ccc3ccccc23)cc1)c1ccccc1. The first-order valence-electron chi connectivity index (χ1n) is 9.73. The Morgan fingerprint density at radius 2 is 1.58 bits per heavy atom. The van der Waals surface area contributed by atoms with E-state index in [-0.39, 0.29) is 18.1 Å². The number of hydrogen-bond acceptors (Lipinski definition) is 4. The normalized spacial score (nSPS) is 11.0. The first-order chi connectivity index (χ1) is 15.1. The number of pyridine rings is 1. The van der Waals surface area contributed by atoms with Crippen LogP contribution >= 0.6 is 0 Å². The van der Waals surface area contributed by atoms with Crippen molar-refractivity contribution in [1.82, 2.24) is 5.43 Å². The lowest BCUT2D eigenvalue weighted by molar-refractivity contribution is -0.683. The summed E-state index contributed by atoms with van der Waals surface area (Å²) in [5, 5.41) is 15.9. The van der Waals surface area contributed by atoms with Crippen molar-refractivity contribution in [3.8, 4) is 5.75 Å². The first-order valence-corrected chi connectivity index (χ1v) is 9.73. The van der Waals surface area contributed by atoms with Gasteiger partial charge in [0.05, 0.1) is 11.8 Å². The lowest BCUT2D eigenvalue weighted by Crippen LogP contribution is -2.37. The van der Waals surface area contributed by atoms with E-state index in [0.717, 1.165) is 10.8 Å². The highest BCUT2D eigenvalue weighted by molar-refractivity contribution is 6.03. The summed E-state index contributed by atoms with van der Waals surface area (Å²) in [5.41, 5.74) is 4.05. The number of amides is 1. The van der Waals surface area contributed by atoms with Gasteiger partial charge in [-0.25, -0.2) is 5.43 Å². The molecule has 0 atom stereocenters. The van der Waals surface area contributed by atoms with Gasteiger partial charge in [-0.3, -0.25) is 9.59 Å². The fourth-order valence-corrected chi connectivity index (χ4v) is 3.24. The summed E-state index contributed by atoms with van der Waals surface area (Å²) >= 11 is 0. The number of fused-ring (bicyclic) bond motifs is 1. The summed E-state index contributed by atoms with van der Waals surface area (Å²) in [5.74, 6) is -0.319. The number of phenolic OH excluding ortho intramolecular Hbond substituents is 1. The molecule has 0 spiro atoms. The zero-order chi connectivity index (χ0) is 21.6. The van der Waals surface area contributed by atoms with Crippen molar-refractivity contribution in [3.63, 3.8) is 0 Å². The van der Waals surface area contributed by atoms with Crippen molar-refractivity contribution < 1.29 is 19.3 Å². The maximum atomic E-state index is 12.4. The largest absolute Gasteiger partial charge is 0.507 e. The Balaban J connectivity index is 1.42. The van der Waals surface area contributed by atoms with Gasteiger partial charge in [0.2, 0.25) is 12.3 Å². The van der Waals surface area contributed by atoms with Gasteiger partial charge in [0.25, 0.3) is 5.91 Å². The first kappa shape index (κ1) is 20.0. The van der Waals surface area contributed by atoms with Crippen molar-refractivity contribution in [2.45, 2.75) is 6.54 Å². The highest BCUT2D eigenvalue weighted by Crippen LogP contribution is 2.25. The van der Waals surface area contributed by atoms with E-state index in [1.807, 2.05) is 48.5 Å². The molecule has 0 aliphatic heterocycles. The number of carbonyl (C=O) groups excluding carboxylic acids is 2. The van der Waals surface area contributed by atoms with Gasteiger partial charge in [-0.05, 0) is 16.8 Å².